The fraction of sp³-hybridized carbons (Fsp3) is 0.421. The maximum absolute atomic E-state index is 12.8. The number of carbonyl (C=O) groups is 2. The summed E-state index contributed by atoms with van der Waals surface area (Å²) in [7, 11) is 0. The summed E-state index contributed by atoms with van der Waals surface area (Å²) in [6, 6.07) is 7.68. The summed E-state index contributed by atoms with van der Waals surface area (Å²) >= 11 is 1.54. The van der Waals surface area contributed by atoms with Crippen molar-refractivity contribution in [2.45, 2.75) is 32.4 Å². The first-order valence-electron chi connectivity index (χ1n) is 8.90. The molecule has 2 aromatic rings. The first kappa shape index (κ1) is 17.0. The topological polar surface area (TPSA) is 65.5 Å². The van der Waals surface area contributed by atoms with Crippen LogP contribution in [0.4, 0.5) is 10.5 Å². The van der Waals surface area contributed by atoms with Crippen molar-refractivity contribution in [3.8, 4) is 0 Å². The number of rotatable bonds is 3. The molecule has 6 nitrogen and oxygen atoms in total. The normalized spacial score (nSPS) is 22.4. The van der Waals surface area contributed by atoms with Gasteiger partial charge in [0.1, 0.15) is 0 Å². The number of amides is 3. The molecule has 2 atom stereocenters. The summed E-state index contributed by atoms with van der Waals surface area (Å²) in [5.74, 6) is 0.0380. The lowest BCUT2D eigenvalue weighted by Crippen LogP contribution is -2.47. The van der Waals surface area contributed by atoms with E-state index < -0.39 is 0 Å². The van der Waals surface area contributed by atoms with Crippen LogP contribution in [-0.4, -0.2) is 45.9 Å². The van der Waals surface area contributed by atoms with Gasteiger partial charge < -0.3 is 15.1 Å². The molecule has 136 valence electrons. The highest BCUT2D eigenvalue weighted by Gasteiger charge is 2.42. The molecule has 3 aliphatic rings. The lowest BCUT2D eigenvalue weighted by molar-refractivity contribution is -0.140. The van der Waals surface area contributed by atoms with Crippen LogP contribution in [0.15, 0.2) is 35.2 Å². The van der Waals surface area contributed by atoms with E-state index >= 15 is 0 Å². The van der Waals surface area contributed by atoms with Crippen LogP contribution in [0, 0.1) is 12.8 Å². The number of hydrogen-bond acceptors (Lipinski definition) is 4. The van der Waals surface area contributed by atoms with Crippen molar-refractivity contribution in [3.63, 3.8) is 0 Å². The SMILES string of the molecule is Cc1ccc(NC(=O)N2C[C@H]3CC[C@@H](C2)N(Cc2cscn2)C3=O)cc1. The van der Waals surface area contributed by atoms with Crippen LogP contribution in [0.25, 0.3) is 0 Å². The molecule has 3 aliphatic heterocycles. The molecule has 4 heterocycles. The zero-order chi connectivity index (χ0) is 18.1. The minimum absolute atomic E-state index is 0.0618. The van der Waals surface area contributed by atoms with Gasteiger partial charge in [-0.3, -0.25) is 4.79 Å². The van der Waals surface area contributed by atoms with Crippen molar-refractivity contribution in [2.75, 3.05) is 18.4 Å². The van der Waals surface area contributed by atoms with Crippen LogP contribution >= 0.6 is 11.3 Å². The van der Waals surface area contributed by atoms with E-state index in [1.54, 1.807) is 10.4 Å². The van der Waals surface area contributed by atoms with Gasteiger partial charge >= 0.3 is 6.03 Å². The molecule has 0 saturated carbocycles. The average molecular weight is 370 g/mol. The molecule has 1 aromatic carbocycles. The largest absolute Gasteiger partial charge is 0.332 e. The molecule has 7 heteroatoms. The molecule has 3 amide bonds. The predicted molar refractivity (Wildman–Crippen MR) is 101 cm³/mol. The lowest BCUT2D eigenvalue weighted by Gasteiger charge is -2.35. The van der Waals surface area contributed by atoms with E-state index in [1.807, 2.05) is 41.5 Å². The van der Waals surface area contributed by atoms with Gasteiger partial charge in [-0.2, -0.15) is 0 Å². The van der Waals surface area contributed by atoms with Gasteiger partial charge in [-0.15, -0.1) is 11.3 Å². The Labute approximate surface area is 156 Å². The van der Waals surface area contributed by atoms with Crippen molar-refractivity contribution < 1.29 is 9.59 Å². The van der Waals surface area contributed by atoms with E-state index in [0.717, 1.165) is 29.8 Å². The molecule has 0 unspecified atom stereocenters. The zero-order valence-corrected chi connectivity index (χ0v) is 15.5. The van der Waals surface area contributed by atoms with Crippen LogP contribution in [-0.2, 0) is 11.3 Å². The van der Waals surface area contributed by atoms with Gasteiger partial charge in [-0.1, -0.05) is 17.7 Å². The highest BCUT2D eigenvalue weighted by Crippen LogP contribution is 2.30. The van der Waals surface area contributed by atoms with Gasteiger partial charge in [-0.25, -0.2) is 9.78 Å². The van der Waals surface area contributed by atoms with Crippen LogP contribution < -0.4 is 5.32 Å². The third kappa shape index (κ3) is 3.44. The van der Waals surface area contributed by atoms with E-state index in [2.05, 4.69) is 10.3 Å². The molecule has 1 aromatic heterocycles. The molecular formula is C19H22N4O2S. The van der Waals surface area contributed by atoms with E-state index in [-0.39, 0.29) is 23.9 Å². The van der Waals surface area contributed by atoms with Crippen molar-refractivity contribution in [1.82, 2.24) is 14.8 Å². The number of urea groups is 1. The summed E-state index contributed by atoms with van der Waals surface area (Å²) < 4.78 is 0. The van der Waals surface area contributed by atoms with Crippen molar-refractivity contribution in [2.24, 2.45) is 5.92 Å². The number of anilines is 1. The van der Waals surface area contributed by atoms with Crippen molar-refractivity contribution in [1.29, 1.82) is 0 Å². The molecule has 1 N–H and O–H groups in total. The van der Waals surface area contributed by atoms with Crippen LogP contribution in [0.1, 0.15) is 24.1 Å². The van der Waals surface area contributed by atoms with E-state index in [4.69, 9.17) is 0 Å². The number of thiazole rings is 1. The quantitative estimate of drug-likeness (QED) is 0.903. The minimum Gasteiger partial charge on any atom is -0.332 e. The van der Waals surface area contributed by atoms with E-state index in [9.17, 15) is 9.59 Å². The second kappa shape index (κ2) is 7.07. The lowest BCUT2D eigenvalue weighted by atomic mass is 9.94. The predicted octanol–water partition coefficient (Wildman–Crippen LogP) is 3.11. The second-order valence-corrected chi connectivity index (χ2v) is 7.79. The minimum atomic E-state index is -0.130. The van der Waals surface area contributed by atoms with Gasteiger partial charge in [0.2, 0.25) is 5.91 Å². The number of piperidine rings is 1. The molecule has 26 heavy (non-hydrogen) atoms. The van der Waals surface area contributed by atoms with Crippen LogP contribution in [0.5, 0.6) is 0 Å². The molecule has 0 aliphatic carbocycles. The Morgan fingerprint density at radius 1 is 1.27 bits per heavy atom. The maximum atomic E-state index is 12.8. The van der Waals surface area contributed by atoms with Gasteiger partial charge in [0, 0.05) is 30.2 Å². The number of aromatic nitrogens is 1. The van der Waals surface area contributed by atoms with E-state index in [0.29, 0.717) is 19.6 Å². The Hall–Kier alpha value is -2.41. The molecule has 3 fully saturated rings. The average Bonchev–Trinajstić information content (AvgIpc) is 2.99. The van der Waals surface area contributed by atoms with E-state index in [1.165, 1.54) is 11.3 Å². The Bertz CT molecular complexity index is 790. The number of benzene rings is 1. The molecule has 0 radical (unpaired) electrons. The highest BCUT2D eigenvalue weighted by molar-refractivity contribution is 7.07. The van der Waals surface area contributed by atoms with Crippen LogP contribution in [0.2, 0.25) is 0 Å². The summed E-state index contributed by atoms with van der Waals surface area (Å²) in [5.41, 5.74) is 4.64. The Kier molecular flexibility index (Phi) is 4.63. The fourth-order valence-electron chi connectivity index (χ4n) is 3.74. The number of nitrogens with zero attached hydrogens (tertiary/aromatic N) is 3. The summed E-state index contributed by atoms with van der Waals surface area (Å²) in [6.45, 7) is 3.61. The Morgan fingerprint density at radius 2 is 2.08 bits per heavy atom. The molecular weight excluding hydrogens is 348 g/mol. The van der Waals surface area contributed by atoms with Gasteiger partial charge in [-0.05, 0) is 31.9 Å². The first-order valence-corrected chi connectivity index (χ1v) is 9.84. The third-order valence-corrected chi connectivity index (χ3v) is 5.83. The monoisotopic (exact) mass is 370 g/mol. The third-order valence-electron chi connectivity index (χ3n) is 5.20. The number of hydrogen-bond donors (Lipinski definition) is 1. The molecule has 5 rings (SSSR count). The Balaban J connectivity index is 1.47. The Morgan fingerprint density at radius 3 is 2.81 bits per heavy atom. The standard InChI is InChI=1S/C19H22N4O2S/c1-13-2-5-15(6-3-13)21-19(25)22-8-14-4-7-17(10-22)23(18(14)24)9-16-11-26-12-20-16/h2-3,5-6,11-12,14,17H,4,7-10H2,1H3,(H,21,25)/t14-,17+/m1/s1. The number of nitrogens with one attached hydrogen (secondary N) is 1. The van der Waals surface area contributed by atoms with Crippen molar-refractivity contribution in [3.05, 3.63) is 46.4 Å². The number of carbonyl (C=O) groups excluding carboxylic acids is 2. The summed E-state index contributed by atoms with van der Waals surface area (Å²) in [6.07, 6.45) is 1.79. The van der Waals surface area contributed by atoms with Gasteiger partial charge in [0.05, 0.1) is 23.7 Å². The zero-order valence-electron chi connectivity index (χ0n) is 14.7. The smallest absolute Gasteiger partial charge is 0.321 e. The number of aryl methyl sites for hydroxylation is 1. The maximum Gasteiger partial charge on any atom is 0.321 e. The van der Waals surface area contributed by atoms with Gasteiger partial charge in [0.25, 0.3) is 0 Å². The summed E-state index contributed by atoms with van der Waals surface area (Å²) in [4.78, 5) is 33.6. The summed E-state index contributed by atoms with van der Waals surface area (Å²) in [5, 5.41) is 4.94. The van der Waals surface area contributed by atoms with Crippen molar-refractivity contribution >= 4 is 29.0 Å². The number of fused-ring (bicyclic) bond motifs is 4. The fourth-order valence-corrected chi connectivity index (χ4v) is 4.29. The molecule has 3 saturated heterocycles. The first-order chi connectivity index (χ1) is 12.6. The highest BCUT2D eigenvalue weighted by atomic mass is 32.1. The molecule has 2 bridgehead atoms. The van der Waals surface area contributed by atoms with Gasteiger partial charge in [0.15, 0.2) is 0 Å². The van der Waals surface area contributed by atoms with Crippen LogP contribution in [0.3, 0.4) is 0 Å². The molecule has 0 spiro atoms. The second-order valence-electron chi connectivity index (χ2n) is 7.08.